The molecule has 1 N–H and O–H groups in total. The van der Waals surface area contributed by atoms with Crippen LogP contribution in [0.15, 0.2) is 48.7 Å². The minimum absolute atomic E-state index is 0.144. The van der Waals surface area contributed by atoms with E-state index in [-0.39, 0.29) is 5.91 Å². The van der Waals surface area contributed by atoms with Gasteiger partial charge in [0.25, 0.3) is 0 Å². The predicted octanol–water partition coefficient (Wildman–Crippen LogP) is 1.98. The number of carbonyl (C=O) groups excluding carboxylic acids is 1. The Kier molecular flexibility index (Phi) is 5.21. The molecule has 1 aromatic carbocycles. The molecule has 5 heteroatoms. The van der Waals surface area contributed by atoms with Gasteiger partial charge in [-0.25, -0.2) is 0 Å². The average molecular weight is 311 g/mol. The highest BCUT2D eigenvalue weighted by Gasteiger charge is 2.13. The maximum atomic E-state index is 11.4. The van der Waals surface area contributed by atoms with Crippen LogP contribution in [0.1, 0.15) is 17.7 Å². The highest BCUT2D eigenvalue weighted by Crippen LogP contribution is 2.15. The first-order valence-corrected chi connectivity index (χ1v) is 7.90. The first-order chi connectivity index (χ1) is 11.3. The maximum absolute atomic E-state index is 11.4. The maximum Gasteiger partial charge on any atom is 0.221 e. The fourth-order valence-corrected chi connectivity index (χ4v) is 2.56. The van der Waals surface area contributed by atoms with Crippen molar-refractivity contribution in [3.63, 3.8) is 0 Å². The molecule has 0 atom stereocenters. The first-order valence-electron chi connectivity index (χ1n) is 7.90. The van der Waals surface area contributed by atoms with Gasteiger partial charge in [0.1, 0.15) is 12.4 Å². The van der Waals surface area contributed by atoms with Gasteiger partial charge in [-0.1, -0.05) is 18.2 Å². The fourth-order valence-electron chi connectivity index (χ4n) is 2.56. The van der Waals surface area contributed by atoms with Crippen LogP contribution in [-0.4, -0.2) is 35.4 Å². The van der Waals surface area contributed by atoms with Crippen molar-refractivity contribution in [2.45, 2.75) is 19.6 Å². The number of ether oxygens (including phenoxy) is 1. The average Bonchev–Trinajstić information content (AvgIpc) is 2.80. The number of nitrogens with one attached hydrogen (secondary N) is 1. The molecule has 0 radical (unpaired) electrons. The first kappa shape index (κ1) is 15.5. The van der Waals surface area contributed by atoms with Crippen LogP contribution in [0.3, 0.4) is 0 Å². The summed E-state index contributed by atoms with van der Waals surface area (Å²) in [4.78, 5) is 17.9. The number of hydrogen-bond donors (Lipinski definition) is 1. The van der Waals surface area contributed by atoms with Crippen molar-refractivity contribution in [3.8, 4) is 5.75 Å². The smallest absolute Gasteiger partial charge is 0.221 e. The Morgan fingerprint density at radius 1 is 1.13 bits per heavy atom. The molecule has 23 heavy (non-hydrogen) atoms. The number of carbonyl (C=O) groups is 1. The van der Waals surface area contributed by atoms with Crippen molar-refractivity contribution >= 4 is 5.91 Å². The van der Waals surface area contributed by atoms with Crippen LogP contribution in [0.5, 0.6) is 5.75 Å². The fraction of sp³-hybridized carbons (Fsp3) is 0.333. The third kappa shape index (κ3) is 4.79. The molecule has 1 aliphatic rings. The Labute approximate surface area is 136 Å². The molecule has 1 aromatic heterocycles. The van der Waals surface area contributed by atoms with Gasteiger partial charge in [-0.3, -0.25) is 14.7 Å². The number of nitrogens with zero attached hydrogens (tertiary/aromatic N) is 2. The summed E-state index contributed by atoms with van der Waals surface area (Å²) >= 11 is 0. The number of rotatable bonds is 5. The van der Waals surface area contributed by atoms with Crippen LogP contribution in [0.2, 0.25) is 0 Å². The second-order valence-electron chi connectivity index (χ2n) is 5.63. The molecule has 0 aliphatic carbocycles. The minimum atomic E-state index is 0.144. The van der Waals surface area contributed by atoms with E-state index in [9.17, 15) is 4.79 Å². The molecule has 1 saturated heterocycles. The molecule has 120 valence electrons. The zero-order valence-corrected chi connectivity index (χ0v) is 13.1. The monoisotopic (exact) mass is 311 g/mol. The number of pyridine rings is 1. The quantitative estimate of drug-likeness (QED) is 0.917. The van der Waals surface area contributed by atoms with E-state index in [1.807, 2.05) is 30.3 Å². The van der Waals surface area contributed by atoms with Crippen molar-refractivity contribution in [1.82, 2.24) is 15.2 Å². The third-order valence-electron chi connectivity index (χ3n) is 3.85. The van der Waals surface area contributed by atoms with Crippen LogP contribution in [0.25, 0.3) is 0 Å². The van der Waals surface area contributed by atoms with Gasteiger partial charge in [0.2, 0.25) is 5.91 Å². The Balaban J connectivity index is 1.51. The third-order valence-corrected chi connectivity index (χ3v) is 3.85. The molecule has 0 bridgehead atoms. The Hall–Kier alpha value is -2.40. The molecule has 2 aromatic rings. The van der Waals surface area contributed by atoms with Crippen LogP contribution in [0.4, 0.5) is 0 Å². The molecule has 2 heterocycles. The zero-order valence-electron chi connectivity index (χ0n) is 13.1. The van der Waals surface area contributed by atoms with Gasteiger partial charge in [-0.05, 0) is 29.8 Å². The zero-order chi connectivity index (χ0) is 15.9. The van der Waals surface area contributed by atoms with Crippen LogP contribution >= 0.6 is 0 Å². The standard InChI is InChI=1S/C18H21N3O2/c22-18-8-11-21(12-10-20-18)13-15-4-6-17(7-5-15)23-14-16-3-1-2-9-19-16/h1-7,9H,8,10-14H2,(H,20,22). The summed E-state index contributed by atoms with van der Waals surface area (Å²) in [5, 5.41) is 2.90. The molecule has 1 amide bonds. The normalized spacial score (nSPS) is 15.7. The molecular weight excluding hydrogens is 290 g/mol. The lowest BCUT2D eigenvalue weighted by Gasteiger charge is -2.19. The number of amides is 1. The summed E-state index contributed by atoms with van der Waals surface area (Å²) in [5.74, 6) is 0.984. The van der Waals surface area contributed by atoms with Gasteiger partial charge >= 0.3 is 0 Å². The van der Waals surface area contributed by atoms with Crippen LogP contribution < -0.4 is 10.1 Å². The van der Waals surface area contributed by atoms with E-state index in [4.69, 9.17) is 4.74 Å². The molecule has 5 nitrogen and oxygen atoms in total. The number of hydrogen-bond acceptors (Lipinski definition) is 4. The van der Waals surface area contributed by atoms with Gasteiger partial charge in [0, 0.05) is 38.8 Å². The van der Waals surface area contributed by atoms with Gasteiger partial charge in [0.05, 0.1) is 5.69 Å². The summed E-state index contributed by atoms with van der Waals surface area (Å²) in [5.41, 5.74) is 2.14. The summed E-state index contributed by atoms with van der Waals surface area (Å²) in [6, 6.07) is 13.9. The highest BCUT2D eigenvalue weighted by molar-refractivity contribution is 5.76. The SMILES string of the molecule is O=C1CCN(Cc2ccc(OCc3ccccn3)cc2)CCN1. The molecule has 3 rings (SSSR count). The van der Waals surface area contributed by atoms with Gasteiger partial charge < -0.3 is 10.1 Å². The summed E-state index contributed by atoms with van der Waals surface area (Å²) < 4.78 is 5.74. The molecule has 0 saturated carbocycles. The van der Waals surface area contributed by atoms with E-state index in [1.54, 1.807) is 6.20 Å². The second-order valence-corrected chi connectivity index (χ2v) is 5.63. The van der Waals surface area contributed by atoms with Crippen molar-refractivity contribution in [2.24, 2.45) is 0 Å². The van der Waals surface area contributed by atoms with Crippen molar-refractivity contribution in [2.75, 3.05) is 19.6 Å². The summed E-state index contributed by atoms with van der Waals surface area (Å²) in [6.45, 7) is 3.76. The Bertz CT molecular complexity index is 628. The van der Waals surface area contributed by atoms with Gasteiger partial charge in [-0.15, -0.1) is 0 Å². The minimum Gasteiger partial charge on any atom is -0.487 e. The lowest BCUT2D eigenvalue weighted by molar-refractivity contribution is -0.120. The molecule has 1 aliphatic heterocycles. The van der Waals surface area contributed by atoms with Crippen molar-refractivity contribution in [1.29, 1.82) is 0 Å². The topological polar surface area (TPSA) is 54.5 Å². The predicted molar refractivity (Wildman–Crippen MR) is 87.9 cm³/mol. The van der Waals surface area contributed by atoms with E-state index in [1.165, 1.54) is 5.56 Å². The van der Waals surface area contributed by atoms with Crippen LogP contribution in [0, 0.1) is 0 Å². The molecule has 0 spiro atoms. The number of benzene rings is 1. The molecule has 1 fully saturated rings. The number of aromatic nitrogens is 1. The van der Waals surface area contributed by atoms with E-state index in [2.05, 4.69) is 27.3 Å². The van der Waals surface area contributed by atoms with Crippen LogP contribution in [-0.2, 0) is 17.9 Å². The summed E-state index contributed by atoms with van der Waals surface area (Å²) in [6.07, 6.45) is 2.34. The van der Waals surface area contributed by atoms with Gasteiger partial charge in [0.15, 0.2) is 0 Å². The lowest BCUT2D eigenvalue weighted by Crippen LogP contribution is -2.28. The van der Waals surface area contributed by atoms with Gasteiger partial charge in [-0.2, -0.15) is 0 Å². The Morgan fingerprint density at radius 2 is 2.00 bits per heavy atom. The second kappa shape index (κ2) is 7.74. The Morgan fingerprint density at radius 3 is 2.78 bits per heavy atom. The largest absolute Gasteiger partial charge is 0.487 e. The van der Waals surface area contributed by atoms with Crippen molar-refractivity contribution in [3.05, 3.63) is 59.9 Å². The van der Waals surface area contributed by atoms with E-state index >= 15 is 0 Å². The van der Waals surface area contributed by atoms with E-state index < -0.39 is 0 Å². The summed E-state index contributed by atoms with van der Waals surface area (Å²) in [7, 11) is 0. The van der Waals surface area contributed by atoms with Crippen molar-refractivity contribution < 1.29 is 9.53 Å². The molecular formula is C18H21N3O2. The van der Waals surface area contributed by atoms with E-state index in [0.717, 1.165) is 37.6 Å². The lowest BCUT2D eigenvalue weighted by atomic mass is 10.2. The van der Waals surface area contributed by atoms with E-state index in [0.29, 0.717) is 13.0 Å². The highest BCUT2D eigenvalue weighted by atomic mass is 16.5. The molecule has 0 unspecified atom stereocenters.